The molecule has 0 aliphatic carbocycles. The number of rotatable bonds is 5. The summed E-state index contributed by atoms with van der Waals surface area (Å²) >= 11 is 0. The van der Waals surface area contributed by atoms with Gasteiger partial charge in [0.05, 0.1) is 5.56 Å². The fourth-order valence-corrected chi connectivity index (χ4v) is 2.66. The first-order valence-electron chi connectivity index (χ1n) is 8.17. The quantitative estimate of drug-likeness (QED) is 0.712. The van der Waals surface area contributed by atoms with Crippen LogP contribution in [0.3, 0.4) is 0 Å². The predicted octanol–water partition coefficient (Wildman–Crippen LogP) is 4.20. The third kappa shape index (κ3) is 4.42. The summed E-state index contributed by atoms with van der Waals surface area (Å²) in [5, 5.41) is 9.07. The minimum absolute atomic E-state index is 0.316. The Hall–Kier alpha value is -3.20. The van der Waals surface area contributed by atoms with Gasteiger partial charge in [0, 0.05) is 17.7 Å². The number of nitrogens with zero attached hydrogens (tertiary/aromatic N) is 1. The normalized spacial score (nSPS) is 10.9. The highest BCUT2D eigenvalue weighted by molar-refractivity contribution is 5.87. The molecule has 3 heteroatoms. The van der Waals surface area contributed by atoms with E-state index in [1.54, 1.807) is 18.2 Å². The van der Waals surface area contributed by atoms with Gasteiger partial charge < -0.3 is 5.11 Å². The summed E-state index contributed by atoms with van der Waals surface area (Å²) < 4.78 is 2.03. The van der Waals surface area contributed by atoms with Crippen LogP contribution in [-0.4, -0.2) is 11.1 Å². The van der Waals surface area contributed by atoms with Crippen LogP contribution in [0.15, 0.2) is 73.1 Å². The highest BCUT2D eigenvalue weighted by atomic mass is 16.4. The van der Waals surface area contributed by atoms with Gasteiger partial charge in [-0.15, -0.1) is 0 Å². The maximum absolute atomic E-state index is 11.0. The summed E-state index contributed by atoms with van der Waals surface area (Å²) in [4.78, 5) is 11.0. The Balaban J connectivity index is 1.71. The average molecular weight is 330 g/mol. The van der Waals surface area contributed by atoms with E-state index in [1.165, 1.54) is 11.1 Å². The van der Waals surface area contributed by atoms with Gasteiger partial charge in [0.1, 0.15) is 0 Å². The van der Waals surface area contributed by atoms with E-state index in [-0.39, 0.29) is 0 Å². The molecule has 3 aromatic rings. The monoisotopic (exact) mass is 330 g/mol. The van der Waals surface area contributed by atoms with Gasteiger partial charge in [0.2, 0.25) is 0 Å². The Morgan fingerprint density at radius 1 is 1.00 bits per heavy atom. The van der Waals surface area contributed by atoms with Crippen molar-refractivity contribution in [1.29, 1.82) is 0 Å². The second-order valence-corrected chi connectivity index (χ2v) is 6.00. The van der Waals surface area contributed by atoms with Gasteiger partial charge in [0.15, 0.2) is 18.9 Å². The molecule has 0 spiro atoms. The summed E-state index contributed by atoms with van der Waals surface area (Å²) in [6.45, 7) is 2.74. The molecule has 0 fully saturated rings. The van der Waals surface area contributed by atoms with Gasteiger partial charge in [0.25, 0.3) is 0 Å². The van der Waals surface area contributed by atoms with E-state index < -0.39 is 5.97 Å². The van der Waals surface area contributed by atoms with E-state index in [1.807, 2.05) is 35.2 Å². The number of pyridine rings is 1. The molecule has 2 aromatic carbocycles. The van der Waals surface area contributed by atoms with Crippen molar-refractivity contribution in [1.82, 2.24) is 0 Å². The van der Waals surface area contributed by atoms with Crippen LogP contribution in [0.25, 0.3) is 12.2 Å². The second kappa shape index (κ2) is 7.58. The molecule has 0 saturated carbocycles. The van der Waals surface area contributed by atoms with Crippen molar-refractivity contribution in [2.75, 3.05) is 0 Å². The van der Waals surface area contributed by atoms with Gasteiger partial charge in [-0.3, -0.25) is 0 Å². The molecule has 0 amide bonds. The topological polar surface area (TPSA) is 41.2 Å². The highest BCUT2D eigenvalue weighted by Crippen LogP contribution is 2.11. The van der Waals surface area contributed by atoms with E-state index in [4.69, 9.17) is 5.11 Å². The average Bonchev–Trinajstić information content (AvgIpc) is 2.62. The fourth-order valence-electron chi connectivity index (χ4n) is 2.66. The Kier molecular flexibility index (Phi) is 5.05. The summed E-state index contributed by atoms with van der Waals surface area (Å²) in [7, 11) is 0. The third-order valence-corrected chi connectivity index (χ3v) is 4.10. The maximum Gasteiger partial charge on any atom is 0.335 e. The van der Waals surface area contributed by atoms with Gasteiger partial charge in [-0.1, -0.05) is 48.6 Å². The van der Waals surface area contributed by atoms with Crippen LogP contribution < -0.4 is 4.57 Å². The molecule has 25 heavy (non-hydrogen) atoms. The molecule has 0 aliphatic heterocycles. The third-order valence-electron chi connectivity index (χ3n) is 4.10. The molecular weight excluding hydrogens is 310 g/mol. The molecule has 3 rings (SSSR count). The number of carboxylic acid groups (broad SMARTS) is 1. The van der Waals surface area contributed by atoms with Gasteiger partial charge >= 0.3 is 5.97 Å². The maximum atomic E-state index is 11.0. The van der Waals surface area contributed by atoms with E-state index in [0.29, 0.717) is 12.1 Å². The first-order valence-corrected chi connectivity index (χ1v) is 8.17. The Morgan fingerprint density at radius 3 is 2.48 bits per heavy atom. The van der Waals surface area contributed by atoms with Crippen LogP contribution in [0.4, 0.5) is 0 Å². The first-order chi connectivity index (χ1) is 12.1. The zero-order chi connectivity index (χ0) is 17.6. The molecule has 1 heterocycles. The number of aromatic nitrogens is 1. The number of aromatic carboxylic acids is 1. The summed E-state index contributed by atoms with van der Waals surface area (Å²) in [5.74, 6) is -0.899. The largest absolute Gasteiger partial charge is 0.478 e. The number of hydrogen-bond donors (Lipinski definition) is 1. The van der Waals surface area contributed by atoms with Gasteiger partial charge in [-0.25, -0.2) is 9.36 Å². The molecule has 124 valence electrons. The van der Waals surface area contributed by atoms with Crippen molar-refractivity contribution in [2.24, 2.45) is 0 Å². The molecule has 0 radical (unpaired) electrons. The molecule has 0 atom stereocenters. The van der Waals surface area contributed by atoms with Crippen LogP contribution in [-0.2, 0) is 6.54 Å². The standard InChI is InChI=1S/C22H19NO2/c1-17-5-2-3-7-20(17)10-9-18-11-13-23(14-12-18)16-19-6-4-8-21(15-19)22(24)25/h2-15H,16H2,1H3/p+1/b10-9-. The van der Waals surface area contributed by atoms with Crippen molar-refractivity contribution >= 4 is 18.1 Å². The lowest BCUT2D eigenvalue weighted by Crippen LogP contribution is -2.33. The number of hydrogen-bond acceptors (Lipinski definition) is 1. The second-order valence-electron chi connectivity index (χ2n) is 6.00. The fraction of sp³-hybridized carbons (Fsp3) is 0.0909. The minimum Gasteiger partial charge on any atom is -0.478 e. The predicted molar refractivity (Wildman–Crippen MR) is 99.2 cm³/mol. The van der Waals surface area contributed by atoms with E-state index in [9.17, 15) is 4.79 Å². The van der Waals surface area contributed by atoms with Crippen LogP contribution >= 0.6 is 0 Å². The molecule has 0 bridgehead atoms. The lowest BCUT2D eigenvalue weighted by atomic mass is 10.1. The molecule has 1 N–H and O–H groups in total. The lowest BCUT2D eigenvalue weighted by molar-refractivity contribution is -0.688. The number of benzene rings is 2. The summed E-state index contributed by atoms with van der Waals surface area (Å²) in [5.41, 5.74) is 4.87. The zero-order valence-corrected chi connectivity index (χ0v) is 14.1. The first kappa shape index (κ1) is 16.7. The molecule has 0 aliphatic rings. The van der Waals surface area contributed by atoms with Gasteiger partial charge in [-0.2, -0.15) is 0 Å². The Bertz CT molecular complexity index is 911. The van der Waals surface area contributed by atoms with E-state index in [0.717, 1.165) is 11.1 Å². The number of carbonyl (C=O) groups is 1. The van der Waals surface area contributed by atoms with Crippen molar-refractivity contribution in [3.63, 3.8) is 0 Å². The number of carboxylic acids is 1. The molecule has 3 nitrogen and oxygen atoms in total. The smallest absolute Gasteiger partial charge is 0.335 e. The molecule has 0 unspecified atom stereocenters. The SMILES string of the molecule is Cc1ccccc1/C=C\c1cc[n+](Cc2cccc(C(=O)O)c2)cc1. The summed E-state index contributed by atoms with van der Waals surface area (Å²) in [6.07, 6.45) is 8.22. The molecular formula is C22H20NO2+. The van der Waals surface area contributed by atoms with Crippen LogP contribution in [0.1, 0.15) is 32.6 Å². The highest BCUT2D eigenvalue weighted by Gasteiger charge is 2.07. The Morgan fingerprint density at radius 2 is 1.76 bits per heavy atom. The molecule has 1 aromatic heterocycles. The summed E-state index contributed by atoms with van der Waals surface area (Å²) in [6, 6.07) is 19.4. The van der Waals surface area contributed by atoms with E-state index in [2.05, 4.69) is 43.3 Å². The Labute approximate surface area is 147 Å². The van der Waals surface area contributed by atoms with Crippen molar-refractivity contribution < 1.29 is 14.5 Å². The lowest BCUT2D eigenvalue weighted by Gasteiger charge is -2.01. The minimum atomic E-state index is -0.899. The van der Waals surface area contributed by atoms with Crippen molar-refractivity contribution in [3.8, 4) is 0 Å². The van der Waals surface area contributed by atoms with Crippen LogP contribution in [0.5, 0.6) is 0 Å². The zero-order valence-electron chi connectivity index (χ0n) is 14.1. The number of aryl methyl sites for hydroxylation is 1. The van der Waals surface area contributed by atoms with Crippen molar-refractivity contribution in [3.05, 3.63) is 101 Å². The van der Waals surface area contributed by atoms with Crippen LogP contribution in [0, 0.1) is 6.92 Å². The van der Waals surface area contributed by atoms with E-state index >= 15 is 0 Å². The van der Waals surface area contributed by atoms with Crippen molar-refractivity contribution in [2.45, 2.75) is 13.5 Å². The van der Waals surface area contributed by atoms with Gasteiger partial charge in [-0.05, 0) is 35.7 Å². The van der Waals surface area contributed by atoms with Crippen LogP contribution in [0.2, 0.25) is 0 Å². The molecule has 0 saturated heterocycles.